The van der Waals surface area contributed by atoms with Crippen molar-refractivity contribution >= 4 is 0 Å². The van der Waals surface area contributed by atoms with Crippen LogP contribution < -0.4 is 5.73 Å². The molecule has 0 radical (unpaired) electrons. The van der Waals surface area contributed by atoms with Crippen molar-refractivity contribution in [2.45, 2.75) is 45.2 Å². The van der Waals surface area contributed by atoms with Crippen LogP contribution in [0.1, 0.15) is 43.5 Å². The molecule has 1 heterocycles. The summed E-state index contributed by atoms with van der Waals surface area (Å²) in [7, 11) is 0. The van der Waals surface area contributed by atoms with E-state index in [1.54, 1.807) is 6.20 Å². The second-order valence-corrected chi connectivity index (χ2v) is 4.87. The van der Waals surface area contributed by atoms with Gasteiger partial charge >= 0.3 is 0 Å². The molecule has 1 atom stereocenters. The Hall–Kier alpha value is -1.68. The lowest BCUT2D eigenvalue weighted by molar-refractivity contribution is 0.505. The number of nitrogens with zero attached hydrogens (tertiary/aromatic N) is 3. The van der Waals surface area contributed by atoms with Gasteiger partial charge in [0, 0.05) is 12.6 Å². The van der Waals surface area contributed by atoms with Crippen LogP contribution in [0.3, 0.4) is 0 Å². The standard InChI is InChI=1S/C15H22N4/c1-2-11-19-15(12-17-18-19)14(16)10-6-9-13-7-4-3-5-8-13/h3-5,7-8,12,14H,2,6,9-11,16H2,1H3. The quantitative estimate of drug-likeness (QED) is 0.830. The van der Waals surface area contributed by atoms with Crippen LogP contribution in [0.25, 0.3) is 0 Å². The smallest absolute Gasteiger partial charge is 0.0754 e. The van der Waals surface area contributed by atoms with E-state index in [0.717, 1.165) is 37.9 Å². The highest BCUT2D eigenvalue weighted by Gasteiger charge is 2.12. The molecule has 0 amide bonds. The normalized spacial score (nSPS) is 12.5. The number of hydrogen-bond acceptors (Lipinski definition) is 3. The molecule has 1 unspecified atom stereocenters. The van der Waals surface area contributed by atoms with Crippen molar-refractivity contribution in [3.05, 3.63) is 47.8 Å². The molecular weight excluding hydrogens is 236 g/mol. The molecule has 1 aromatic heterocycles. The highest BCUT2D eigenvalue weighted by molar-refractivity contribution is 5.14. The van der Waals surface area contributed by atoms with Gasteiger partial charge in [-0.15, -0.1) is 5.10 Å². The van der Waals surface area contributed by atoms with E-state index >= 15 is 0 Å². The molecule has 0 aliphatic rings. The number of aromatic nitrogens is 3. The molecule has 1 aromatic carbocycles. The average molecular weight is 258 g/mol. The zero-order valence-electron chi connectivity index (χ0n) is 11.5. The summed E-state index contributed by atoms with van der Waals surface area (Å²) in [6.45, 7) is 3.02. The fourth-order valence-corrected chi connectivity index (χ4v) is 2.26. The Kier molecular flexibility index (Phi) is 5.10. The van der Waals surface area contributed by atoms with Crippen molar-refractivity contribution in [2.75, 3.05) is 0 Å². The first-order chi connectivity index (χ1) is 9.31. The Bertz CT molecular complexity index is 478. The molecule has 0 saturated carbocycles. The third-order valence-electron chi connectivity index (χ3n) is 3.29. The fourth-order valence-electron chi connectivity index (χ4n) is 2.26. The molecule has 0 saturated heterocycles. The summed E-state index contributed by atoms with van der Waals surface area (Å²) in [4.78, 5) is 0. The number of hydrogen-bond donors (Lipinski definition) is 1. The number of benzene rings is 1. The lowest BCUT2D eigenvalue weighted by atomic mass is 10.0. The third kappa shape index (κ3) is 3.89. The molecule has 19 heavy (non-hydrogen) atoms. The Morgan fingerprint density at radius 1 is 1.26 bits per heavy atom. The van der Waals surface area contributed by atoms with Crippen LogP contribution in [-0.4, -0.2) is 15.0 Å². The van der Waals surface area contributed by atoms with Crippen LogP contribution in [0.5, 0.6) is 0 Å². The number of rotatable bonds is 7. The predicted octanol–water partition coefficient (Wildman–Crippen LogP) is 2.71. The van der Waals surface area contributed by atoms with E-state index in [9.17, 15) is 0 Å². The average Bonchev–Trinajstić information content (AvgIpc) is 2.89. The first-order valence-corrected chi connectivity index (χ1v) is 6.99. The number of aryl methyl sites for hydroxylation is 2. The van der Waals surface area contributed by atoms with Crippen LogP contribution >= 0.6 is 0 Å². The van der Waals surface area contributed by atoms with E-state index in [1.165, 1.54) is 5.56 Å². The molecule has 102 valence electrons. The van der Waals surface area contributed by atoms with Crippen molar-refractivity contribution in [3.63, 3.8) is 0 Å². The summed E-state index contributed by atoms with van der Waals surface area (Å²) >= 11 is 0. The molecule has 2 N–H and O–H groups in total. The first-order valence-electron chi connectivity index (χ1n) is 6.99. The minimum atomic E-state index is 0.0327. The van der Waals surface area contributed by atoms with E-state index in [0.29, 0.717) is 0 Å². The van der Waals surface area contributed by atoms with Crippen LogP contribution in [0, 0.1) is 0 Å². The van der Waals surface area contributed by atoms with Gasteiger partial charge in [0.15, 0.2) is 0 Å². The van der Waals surface area contributed by atoms with E-state index in [4.69, 9.17) is 5.73 Å². The van der Waals surface area contributed by atoms with Crippen LogP contribution in [-0.2, 0) is 13.0 Å². The van der Waals surface area contributed by atoms with Gasteiger partial charge in [0.1, 0.15) is 0 Å². The van der Waals surface area contributed by atoms with Crippen molar-refractivity contribution in [1.29, 1.82) is 0 Å². The van der Waals surface area contributed by atoms with Gasteiger partial charge in [0.05, 0.1) is 11.9 Å². The Morgan fingerprint density at radius 3 is 2.79 bits per heavy atom. The zero-order valence-corrected chi connectivity index (χ0v) is 11.5. The van der Waals surface area contributed by atoms with Crippen LogP contribution in [0.2, 0.25) is 0 Å². The van der Waals surface area contributed by atoms with Gasteiger partial charge in [-0.25, -0.2) is 4.68 Å². The molecule has 0 bridgehead atoms. The van der Waals surface area contributed by atoms with Crippen molar-refractivity contribution in [3.8, 4) is 0 Å². The maximum atomic E-state index is 6.23. The largest absolute Gasteiger partial charge is 0.323 e. The second kappa shape index (κ2) is 7.04. The summed E-state index contributed by atoms with van der Waals surface area (Å²) in [6.07, 6.45) is 5.97. The maximum absolute atomic E-state index is 6.23. The number of nitrogens with two attached hydrogens (primary N) is 1. The van der Waals surface area contributed by atoms with E-state index in [-0.39, 0.29) is 6.04 Å². The maximum Gasteiger partial charge on any atom is 0.0754 e. The predicted molar refractivity (Wildman–Crippen MR) is 76.6 cm³/mol. The lowest BCUT2D eigenvalue weighted by Crippen LogP contribution is -2.16. The van der Waals surface area contributed by atoms with Crippen LogP contribution in [0.15, 0.2) is 36.5 Å². The van der Waals surface area contributed by atoms with Crippen molar-refractivity contribution < 1.29 is 0 Å². The van der Waals surface area contributed by atoms with Crippen molar-refractivity contribution in [1.82, 2.24) is 15.0 Å². The van der Waals surface area contributed by atoms with Gasteiger partial charge in [0.25, 0.3) is 0 Å². The molecule has 0 spiro atoms. The summed E-state index contributed by atoms with van der Waals surface area (Å²) < 4.78 is 1.92. The molecule has 0 fully saturated rings. The van der Waals surface area contributed by atoms with E-state index in [1.807, 2.05) is 10.7 Å². The molecule has 2 rings (SSSR count). The molecule has 4 nitrogen and oxygen atoms in total. The van der Waals surface area contributed by atoms with Gasteiger partial charge in [-0.05, 0) is 31.2 Å². The van der Waals surface area contributed by atoms with Gasteiger partial charge in [-0.1, -0.05) is 42.5 Å². The summed E-state index contributed by atoms with van der Waals surface area (Å²) in [5, 5.41) is 8.04. The van der Waals surface area contributed by atoms with Crippen molar-refractivity contribution in [2.24, 2.45) is 5.73 Å². The van der Waals surface area contributed by atoms with Gasteiger partial charge in [0.2, 0.25) is 0 Å². The molecular formula is C15H22N4. The van der Waals surface area contributed by atoms with Gasteiger partial charge < -0.3 is 5.73 Å². The minimum Gasteiger partial charge on any atom is -0.323 e. The molecule has 4 heteroatoms. The first kappa shape index (κ1) is 13.7. The highest BCUT2D eigenvalue weighted by atomic mass is 15.4. The minimum absolute atomic E-state index is 0.0327. The highest BCUT2D eigenvalue weighted by Crippen LogP contribution is 2.16. The zero-order chi connectivity index (χ0) is 13.5. The Labute approximate surface area is 114 Å². The lowest BCUT2D eigenvalue weighted by Gasteiger charge is -2.12. The molecule has 0 aliphatic carbocycles. The summed E-state index contributed by atoms with van der Waals surface area (Å²) in [6, 6.07) is 10.6. The second-order valence-electron chi connectivity index (χ2n) is 4.87. The van der Waals surface area contributed by atoms with E-state index < -0.39 is 0 Å². The van der Waals surface area contributed by atoms with E-state index in [2.05, 4.69) is 41.5 Å². The Morgan fingerprint density at radius 2 is 2.05 bits per heavy atom. The Balaban J connectivity index is 1.84. The van der Waals surface area contributed by atoms with Crippen LogP contribution in [0.4, 0.5) is 0 Å². The topological polar surface area (TPSA) is 56.7 Å². The molecule has 2 aromatic rings. The third-order valence-corrected chi connectivity index (χ3v) is 3.29. The van der Waals surface area contributed by atoms with Gasteiger partial charge in [-0.2, -0.15) is 0 Å². The summed E-state index contributed by atoms with van der Waals surface area (Å²) in [5.74, 6) is 0. The monoisotopic (exact) mass is 258 g/mol. The fraction of sp³-hybridized carbons (Fsp3) is 0.467. The SMILES string of the molecule is CCCn1nncc1C(N)CCCc1ccccc1. The molecule has 0 aliphatic heterocycles. The van der Waals surface area contributed by atoms with Gasteiger partial charge in [-0.3, -0.25) is 0 Å². The summed E-state index contributed by atoms with van der Waals surface area (Å²) in [5.41, 5.74) is 8.65.